The van der Waals surface area contributed by atoms with Crippen molar-refractivity contribution < 1.29 is 18.3 Å². The molecule has 190 valence electrons. The van der Waals surface area contributed by atoms with Crippen LogP contribution in [0.3, 0.4) is 0 Å². The van der Waals surface area contributed by atoms with E-state index >= 15 is 0 Å². The van der Waals surface area contributed by atoms with Gasteiger partial charge in [-0.15, -0.1) is 0 Å². The van der Waals surface area contributed by atoms with Gasteiger partial charge in [0.2, 0.25) is 5.82 Å². The van der Waals surface area contributed by atoms with Gasteiger partial charge in [-0.2, -0.15) is 4.39 Å². The number of hydrogen-bond donors (Lipinski definition) is 2. The van der Waals surface area contributed by atoms with E-state index in [4.69, 9.17) is 21.1 Å². The molecule has 0 fully saturated rings. The summed E-state index contributed by atoms with van der Waals surface area (Å²) in [6.45, 7) is 2.72. The predicted octanol–water partition coefficient (Wildman–Crippen LogP) is 5.07. The summed E-state index contributed by atoms with van der Waals surface area (Å²) in [5.74, 6) is -1.80. The maximum Gasteiger partial charge on any atom is 0.201 e. The Balaban J connectivity index is 1.48. The van der Waals surface area contributed by atoms with Crippen molar-refractivity contribution in [1.29, 1.82) is 0 Å². The Morgan fingerprint density at radius 2 is 1.92 bits per heavy atom. The second-order valence-electron chi connectivity index (χ2n) is 8.22. The molecule has 0 spiro atoms. The summed E-state index contributed by atoms with van der Waals surface area (Å²) in [7, 11) is 5.28. The normalized spacial score (nSPS) is 11.3. The topological polar surface area (TPSA) is 75.9 Å². The van der Waals surface area contributed by atoms with Crippen molar-refractivity contribution in [2.45, 2.75) is 0 Å². The number of nitrogens with zero attached hydrogens (tertiary/aromatic N) is 4. The van der Waals surface area contributed by atoms with Gasteiger partial charge < -0.3 is 25.0 Å². The molecule has 0 saturated heterocycles. The van der Waals surface area contributed by atoms with Crippen molar-refractivity contribution >= 4 is 34.4 Å². The fourth-order valence-electron chi connectivity index (χ4n) is 3.57. The Hall–Kier alpha value is -3.47. The molecule has 11 heteroatoms. The molecular weight excluding hydrogens is 490 g/mol. The molecule has 8 nitrogen and oxygen atoms in total. The van der Waals surface area contributed by atoms with Gasteiger partial charge in [-0.3, -0.25) is 4.40 Å². The van der Waals surface area contributed by atoms with Gasteiger partial charge in [-0.1, -0.05) is 11.6 Å². The van der Waals surface area contributed by atoms with Crippen LogP contribution in [-0.2, 0) is 4.74 Å². The molecular formula is C25H27ClF2N6O2. The van der Waals surface area contributed by atoms with E-state index in [1.165, 1.54) is 25.4 Å². The Labute approximate surface area is 212 Å². The van der Waals surface area contributed by atoms with Crippen LogP contribution in [0.5, 0.6) is 5.75 Å². The van der Waals surface area contributed by atoms with E-state index in [9.17, 15) is 8.78 Å². The standard InChI is InChI=1S/C25H27ClF2N6O2/c1-33(2)11-13-36-12-9-29-19-6-4-16(14-18(19)26)32-24-25-31-15-20(34(25)10-8-30-24)17-5-7-21(35-3)23(28)22(17)27/h4-8,10,14-15,29H,9,11-13H2,1-3H3,(H,30,32). The number of ether oxygens (including phenoxy) is 2. The minimum absolute atomic E-state index is 0.0575. The van der Waals surface area contributed by atoms with Crippen LogP contribution >= 0.6 is 11.6 Å². The first-order valence-electron chi connectivity index (χ1n) is 11.3. The van der Waals surface area contributed by atoms with Gasteiger partial charge in [0.25, 0.3) is 0 Å². The van der Waals surface area contributed by atoms with Crippen molar-refractivity contribution in [2.24, 2.45) is 0 Å². The van der Waals surface area contributed by atoms with Crippen LogP contribution in [0.15, 0.2) is 48.9 Å². The summed E-state index contributed by atoms with van der Waals surface area (Å²) < 4.78 is 41.0. The largest absolute Gasteiger partial charge is 0.494 e. The second-order valence-corrected chi connectivity index (χ2v) is 8.63. The van der Waals surface area contributed by atoms with E-state index in [1.54, 1.807) is 22.9 Å². The molecule has 2 aromatic carbocycles. The van der Waals surface area contributed by atoms with Crippen molar-refractivity contribution in [3.63, 3.8) is 0 Å². The van der Waals surface area contributed by atoms with Gasteiger partial charge in [-0.05, 0) is 44.4 Å². The van der Waals surface area contributed by atoms with Gasteiger partial charge in [0.1, 0.15) is 0 Å². The molecule has 0 aliphatic carbocycles. The molecule has 0 bridgehead atoms. The number of methoxy groups -OCH3 is 1. The number of benzene rings is 2. The highest BCUT2D eigenvalue weighted by Gasteiger charge is 2.19. The van der Waals surface area contributed by atoms with Crippen LogP contribution < -0.4 is 15.4 Å². The minimum Gasteiger partial charge on any atom is -0.494 e. The molecule has 0 saturated carbocycles. The highest BCUT2D eigenvalue weighted by molar-refractivity contribution is 6.33. The number of likely N-dealkylation sites (N-methyl/N-ethyl adjacent to an activating group) is 1. The van der Waals surface area contributed by atoms with E-state index in [2.05, 4.69) is 25.5 Å². The Morgan fingerprint density at radius 3 is 2.67 bits per heavy atom. The molecule has 0 amide bonds. The van der Waals surface area contributed by atoms with Gasteiger partial charge in [0.05, 0.1) is 42.9 Å². The molecule has 2 heterocycles. The summed E-state index contributed by atoms with van der Waals surface area (Å²) in [5, 5.41) is 6.98. The molecule has 0 aliphatic heterocycles. The Kier molecular flexibility index (Phi) is 8.19. The average Bonchev–Trinajstić information content (AvgIpc) is 3.29. The number of nitrogens with one attached hydrogen (secondary N) is 2. The van der Waals surface area contributed by atoms with E-state index in [-0.39, 0.29) is 11.3 Å². The van der Waals surface area contributed by atoms with E-state index in [0.29, 0.717) is 47.6 Å². The lowest BCUT2D eigenvalue weighted by molar-refractivity contribution is 0.126. The third kappa shape index (κ3) is 5.67. The summed E-state index contributed by atoms with van der Waals surface area (Å²) >= 11 is 6.46. The third-order valence-electron chi connectivity index (χ3n) is 5.45. The van der Waals surface area contributed by atoms with Crippen LogP contribution in [0.25, 0.3) is 16.9 Å². The van der Waals surface area contributed by atoms with Crippen LogP contribution in [0.1, 0.15) is 0 Å². The fraction of sp³-hybridized carbons (Fsp3) is 0.280. The first kappa shape index (κ1) is 25.6. The number of halogens is 3. The highest BCUT2D eigenvalue weighted by Crippen LogP contribution is 2.32. The molecule has 2 aromatic heterocycles. The Bertz CT molecular complexity index is 1350. The quantitative estimate of drug-likeness (QED) is 0.269. The van der Waals surface area contributed by atoms with Gasteiger partial charge in [0.15, 0.2) is 23.0 Å². The number of anilines is 3. The highest BCUT2D eigenvalue weighted by atomic mass is 35.5. The molecule has 0 radical (unpaired) electrons. The number of hydrogen-bond acceptors (Lipinski definition) is 7. The first-order valence-corrected chi connectivity index (χ1v) is 11.6. The van der Waals surface area contributed by atoms with Crippen LogP contribution in [0.4, 0.5) is 26.0 Å². The van der Waals surface area contributed by atoms with E-state index in [0.717, 1.165) is 12.2 Å². The SMILES string of the molecule is COc1ccc(-c2cnc3c(Nc4ccc(NCCOCCN(C)C)c(Cl)c4)nccn23)c(F)c1F. The zero-order valence-electron chi connectivity index (χ0n) is 20.2. The van der Waals surface area contributed by atoms with E-state index < -0.39 is 11.6 Å². The molecule has 4 aromatic rings. The van der Waals surface area contributed by atoms with Gasteiger partial charge >= 0.3 is 0 Å². The fourth-order valence-corrected chi connectivity index (χ4v) is 3.82. The smallest absolute Gasteiger partial charge is 0.201 e. The van der Waals surface area contributed by atoms with Gasteiger partial charge in [0, 0.05) is 36.7 Å². The van der Waals surface area contributed by atoms with Crippen molar-refractivity contribution in [3.8, 4) is 17.0 Å². The number of rotatable bonds is 11. The summed E-state index contributed by atoms with van der Waals surface area (Å²) in [6, 6.07) is 8.31. The Morgan fingerprint density at radius 1 is 1.08 bits per heavy atom. The maximum atomic E-state index is 14.7. The number of imidazole rings is 1. The lowest BCUT2D eigenvalue weighted by Gasteiger charge is -2.13. The zero-order chi connectivity index (χ0) is 25.7. The molecule has 0 unspecified atom stereocenters. The zero-order valence-corrected chi connectivity index (χ0v) is 20.9. The lowest BCUT2D eigenvalue weighted by Crippen LogP contribution is -2.20. The predicted molar refractivity (Wildman–Crippen MR) is 137 cm³/mol. The molecule has 0 atom stereocenters. The maximum absolute atomic E-state index is 14.7. The molecule has 36 heavy (non-hydrogen) atoms. The first-order chi connectivity index (χ1) is 17.4. The minimum atomic E-state index is -1.05. The molecule has 0 aliphatic rings. The van der Waals surface area contributed by atoms with E-state index in [1.807, 2.05) is 26.2 Å². The lowest BCUT2D eigenvalue weighted by atomic mass is 10.1. The average molecular weight is 517 g/mol. The molecule has 4 rings (SSSR count). The summed E-state index contributed by atoms with van der Waals surface area (Å²) in [4.78, 5) is 10.8. The van der Waals surface area contributed by atoms with Crippen LogP contribution in [0, 0.1) is 11.6 Å². The second kappa shape index (κ2) is 11.5. The molecule has 2 N–H and O–H groups in total. The van der Waals surface area contributed by atoms with Crippen LogP contribution in [-0.4, -0.2) is 66.8 Å². The van der Waals surface area contributed by atoms with Crippen LogP contribution in [0.2, 0.25) is 5.02 Å². The summed E-state index contributed by atoms with van der Waals surface area (Å²) in [6.07, 6.45) is 4.64. The number of aromatic nitrogens is 3. The summed E-state index contributed by atoms with van der Waals surface area (Å²) in [5.41, 5.74) is 2.35. The monoisotopic (exact) mass is 516 g/mol. The van der Waals surface area contributed by atoms with Gasteiger partial charge in [-0.25, -0.2) is 14.4 Å². The van der Waals surface area contributed by atoms with Crippen molar-refractivity contribution in [2.75, 3.05) is 58.1 Å². The third-order valence-corrected chi connectivity index (χ3v) is 5.76. The van der Waals surface area contributed by atoms with Crippen molar-refractivity contribution in [3.05, 3.63) is 65.6 Å². The number of fused-ring (bicyclic) bond motifs is 1. The van der Waals surface area contributed by atoms with Crippen molar-refractivity contribution in [1.82, 2.24) is 19.3 Å².